The third-order valence-electron chi connectivity index (χ3n) is 4.37. The van der Waals surface area contributed by atoms with Gasteiger partial charge in [-0.05, 0) is 43.6 Å². The molecule has 1 aromatic carbocycles. The lowest BCUT2D eigenvalue weighted by atomic mass is 10.1. The Morgan fingerprint density at radius 3 is 3.04 bits per heavy atom. The Bertz CT molecular complexity index is 923. The van der Waals surface area contributed by atoms with Crippen molar-refractivity contribution in [1.82, 2.24) is 9.97 Å². The number of anilines is 3. The molecule has 0 fully saturated rings. The second-order valence-electron chi connectivity index (χ2n) is 5.85. The van der Waals surface area contributed by atoms with Crippen molar-refractivity contribution in [3.8, 4) is 5.75 Å². The molecular weight excluding hydrogens is 338 g/mol. The molecule has 2 heterocycles. The maximum absolute atomic E-state index is 12.2. The summed E-state index contributed by atoms with van der Waals surface area (Å²) in [7, 11) is 1.59. The number of carbonyl (C=O) groups is 1. The highest BCUT2D eigenvalue weighted by atomic mass is 32.1. The number of amides is 1. The number of aliphatic imine (C=N–C) groups is 1. The number of fused-ring (bicyclic) bond motifs is 2. The quantitative estimate of drug-likeness (QED) is 0.675. The molecular formula is C17H15N5O2S. The van der Waals surface area contributed by atoms with Crippen molar-refractivity contribution >= 4 is 46.4 Å². The number of hydrogen-bond donors (Lipinski definition) is 1. The first-order valence-electron chi connectivity index (χ1n) is 7.92. The number of ether oxygens (including phenoxy) is 1. The van der Waals surface area contributed by atoms with E-state index in [2.05, 4.69) is 37.7 Å². The van der Waals surface area contributed by atoms with Gasteiger partial charge in [-0.2, -0.15) is 9.98 Å². The summed E-state index contributed by atoms with van der Waals surface area (Å²) in [6.45, 7) is 0.184. The molecule has 0 radical (unpaired) electrons. The fraction of sp³-hybridized carbons (Fsp3) is 0.294. The molecule has 0 spiro atoms. The lowest BCUT2D eigenvalue weighted by molar-refractivity contribution is -0.115. The molecule has 1 aliphatic carbocycles. The smallest absolute Gasteiger partial charge is 0.260 e. The largest absolute Gasteiger partial charge is 0.497 e. The monoisotopic (exact) mass is 353 g/mol. The van der Waals surface area contributed by atoms with Crippen LogP contribution in [0.15, 0.2) is 23.2 Å². The van der Waals surface area contributed by atoms with Gasteiger partial charge < -0.3 is 15.0 Å². The van der Waals surface area contributed by atoms with Gasteiger partial charge in [0.15, 0.2) is 0 Å². The minimum Gasteiger partial charge on any atom is -0.497 e. The topological polar surface area (TPSA) is 79.7 Å². The molecule has 1 amide bonds. The summed E-state index contributed by atoms with van der Waals surface area (Å²) in [5.74, 6) is 1.57. The van der Waals surface area contributed by atoms with Gasteiger partial charge in [-0.3, -0.25) is 4.79 Å². The lowest BCUT2D eigenvalue weighted by Crippen LogP contribution is -2.36. The Hall–Kier alpha value is -2.83. The van der Waals surface area contributed by atoms with Crippen LogP contribution in [0.5, 0.6) is 5.75 Å². The summed E-state index contributed by atoms with van der Waals surface area (Å²) in [5, 5.41) is 5.20. The number of nitrogens with one attached hydrogen (secondary N) is 1. The summed E-state index contributed by atoms with van der Waals surface area (Å²) in [5.41, 5.74) is 3.60. The zero-order chi connectivity index (χ0) is 17.4. The highest BCUT2D eigenvalue weighted by Gasteiger charge is 2.29. The van der Waals surface area contributed by atoms with Crippen molar-refractivity contribution in [2.45, 2.75) is 19.3 Å². The first-order valence-corrected chi connectivity index (χ1v) is 8.33. The van der Waals surface area contributed by atoms with E-state index in [4.69, 9.17) is 4.74 Å². The van der Waals surface area contributed by atoms with Crippen LogP contribution in [0.3, 0.4) is 0 Å². The van der Waals surface area contributed by atoms with E-state index in [9.17, 15) is 4.79 Å². The second kappa shape index (κ2) is 6.23. The second-order valence-corrected chi connectivity index (χ2v) is 6.03. The van der Waals surface area contributed by atoms with Gasteiger partial charge in [0.25, 0.3) is 5.95 Å². The number of carbonyl (C=O) groups excluding carboxylic acids is 1. The van der Waals surface area contributed by atoms with E-state index in [0.29, 0.717) is 17.3 Å². The number of thiocarbonyl (C=S) groups is 1. The average molecular weight is 353 g/mol. The van der Waals surface area contributed by atoms with Crippen molar-refractivity contribution in [3.63, 3.8) is 0 Å². The summed E-state index contributed by atoms with van der Waals surface area (Å²) in [6, 6.07) is 5.58. The molecule has 0 bridgehead atoms. The molecule has 0 saturated heterocycles. The van der Waals surface area contributed by atoms with E-state index in [-0.39, 0.29) is 18.4 Å². The number of aromatic nitrogens is 2. The molecule has 2 aromatic rings. The van der Waals surface area contributed by atoms with Crippen LogP contribution in [-0.4, -0.2) is 34.7 Å². The Labute approximate surface area is 149 Å². The summed E-state index contributed by atoms with van der Waals surface area (Å²) in [4.78, 5) is 27.1. The third kappa shape index (κ3) is 2.75. The highest BCUT2D eigenvalue weighted by molar-refractivity contribution is 7.78. The molecule has 8 heteroatoms. The minimum absolute atomic E-state index is 0.106. The number of hydrogen-bond acceptors (Lipinski definition) is 7. The van der Waals surface area contributed by atoms with Crippen LogP contribution in [0, 0.1) is 0 Å². The van der Waals surface area contributed by atoms with Crippen LogP contribution in [0.4, 0.5) is 23.1 Å². The molecule has 1 N–H and O–H groups in total. The molecule has 4 rings (SSSR count). The van der Waals surface area contributed by atoms with Crippen LogP contribution in [0.25, 0.3) is 0 Å². The van der Waals surface area contributed by atoms with Gasteiger partial charge >= 0.3 is 0 Å². The maximum Gasteiger partial charge on any atom is 0.260 e. The van der Waals surface area contributed by atoms with Crippen LogP contribution in [0.1, 0.15) is 17.7 Å². The van der Waals surface area contributed by atoms with Crippen molar-refractivity contribution in [2.24, 2.45) is 4.99 Å². The van der Waals surface area contributed by atoms with E-state index in [1.54, 1.807) is 13.2 Å². The maximum atomic E-state index is 12.2. The predicted octanol–water partition coefficient (Wildman–Crippen LogP) is 2.80. The third-order valence-corrected chi connectivity index (χ3v) is 4.46. The van der Waals surface area contributed by atoms with Crippen LogP contribution < -0.4 is 15.0 Å². The number of aryl methyl sites for hydroxylation is 1. The van der Waals surface area contributed by atoms with Crippen molar-refractivity contribution in [2.75, 3.05) is 23.9 Å². The van der Waals surface area contributed by atoms with Gasteiger partial charge in [0, 0.05) is 11.6 Å². The number of isothiocyanates is 1. The average Bonchev–Trinajstić information content (AvgIpc) is 3.08. The highest BCUT2D eigenvalue weighted by Crippen LogP contribution is 2.40. The molecule has 0 unspecified atom stereocenters. The van der Waals surface area contributed by atoms with Crippen molar-refractivity contribution in [3.05, 3.63) is 29.5 Å². The first-order chi connectivity index (χ1) is 12.2. The van der Waals surface area contributed by atoms with Gasteiger partial charge in [-0.15, -0.1) is 0 Å². The summed E-state index contributed by atoms with van der Waals surface area (Å²) in [6.07, 6.45) is 2.77. The molecule has 0 atom stereocenters. The minimum atomic E-state index is -0.106. The molecule has 2 aliphatic rings. The Kier molecular flexibility index (Phi) is 3.91. The zero-order valence-electron chi connectivity index (χ0n) is 13.6. The number of rotatable bonds is 3. The molecule has 126 valence electrons. The van der Waals surface area contributed by atoms with Gasteiger partial charge in [-0.1, -0.05) is 0 Å². The molecule has 25 heavy (non-hydrogen) atoms. The van der Waals surface area contributed by atoms with Crippen molar-refractivity contribution < 1.29 is 9.53 Å². The Morgan fingerprint density at radius 2 is 2.24 bits per heavy atom. The Morgan fingerprint density at radius 1 is 1.36 bits per heavy atom. The number of methoxy groups -OCH3 is 1. The first kappa shape index (κ1) is 15.7. The predicted molar refractivity (Wildman–Crippen MR) is 97.4 cm³/mol. The van der Waals surface area contributed by atoms with Crippen molar-refractivity contribution in [1.29, 1.82) is 0 Å². The van der Waals surface area contributed by atoms with E-state index >= 15 is 0 Å². The Balaban J connectivity index is 1.88. The SMILES string of the molecule is COc1ccc2c(c1)NC(=O)CN2c1nc(N=C=S)nc2c1CCC2. The normalized spacial score (nSPS) is 15.1. The summed E-state index contributed by atoms with van der Waals surface area (Å²) >= 11 is 4.68. The van der Waals surface area contributed by atoms with Gasteiger partial charge in [-0.25, -0.2) is 4.98 Å². The lowest BCUT2D eigenvalue weighted by Gasteiger charge is -2.31. The fourth-order valence-electron chi connectivity index (χ4n) is 3.30. The zero-order valence-corrected chi connectivity index (χ0v) is 14.4. The van der Waals surface area contributed by atoms with Crippen LogP contribution >= 0.6 is 12.2 Å². The van der Waals surface area contributed by atoms with E-state index in [0.717, 1.165) is 36.2 Å². The van der Waals surface area contributed by atoms with Gasteiger partial charge in [0.2, 0.25) is 5.91 Å². The fourth-order valence-corrected chi connectivity index (χ4v) is 3.38. The van der Waals surface area contributed by atoms with E-state index in [1.807, 2.05) is 17.0 Å². The molecule has 1 aliphatic heterocycles. The number of benzene rings is 1. The standard InChI is InChI=1S/C17H15N5O2S/c1-24-10-5-6-14-13(7-10)19-15(23)8-22(14)16-11-3-2-4-12(11)20-17(21-16)18-9-25/h5-7H,2-4,8H2,1H3,(H,19,23). The van der Waals surface area contributed by atoms with E-state index in [1.165, 1.54) is 0 Å². The summed E-state index contributed by atoms with van der Waals surface area (Å²) < 4.78 is 5.25. The van der Waals surface area contributed by atoms with Crippen LogP contribution in [0.2, 0.25) is 0 Å². The molecule has 1 aromatic heterocycles. The van der Waals surface area contributed by atoms with Gasteiger partial charge in [0.05, 0.1) is 29.3 Å². The van der Waals surface area contributed by atoms with Crippen LogP contribution in [-0.2, 0) is 17.6 Å². The molecule has 7 nitrogen and oxygen atoms in total. The molecule has 0 saturated carbocycles. The van der Waals surface area contributed by atoms with Gasteiger partial charge in [0.1, 0.15) is 18.1 Å². The van der Waals surface area contributed by atoms with E-state index < -0.39 is 0 Å². The number of nitrogens with zero attached hydrogens (tertiary/aromatic N) is 4.